The van der Waals surface area contributed by atoms with Gasteiger partial charge in [-0.2, -0.15) is 5.10 Å². The van der Waals surface area contributed by atoms with E-state index in [-0.39, 0.29) is 0 Å². The first-order chi connectivity index (χ1) is 5.45. The minimum atomic E-state index is 0.689. The minimum Gasteiger partial charge on any atom is -0.246 e. The maximum absolute atomic E-state index is 4.00. The second kappa shape index (κ2) is 2.79. The molecule has 0 aliphatic heterocycles. The van der Waals surface area contributed by atoms with Crippen LogP contribution in [0.25, 0.3) is 0 Å². The predicted molar refractivity (Wildman–Crippen MR) is 40.1 cm³/mol. The fraction of sp³-hybridized carbons (Fsp3) is 0.167. The summed E-state index contributed by atoms with van der Waals surface area (Å²) in [6.07, 6.45) is 5.93. The summed E-state index contributed by atoms with van der Waals surface area (Å²) in [4.78, 5) is 7.82. The number of rotatable bonds is 2. The van der Waals surface area contributed by atoms with Gasteiger partial charge >= 0.3 is 0 Å². The number of hydrogen-bond acceptors (Lipinski definition) is 4. The van der Waals surface area contributed by atoms with Crippen molar-refractivity contribution in [2.45, 2.75) is 6.54 Å². The number of hydrogen-bond donors (Lipinski definition) is 0. The third-order valence-electron chi connectivity index (χ3n) is 1.20. The van der Waals surface area contributed by atoms with E-state index in [0.29, 0.717) is 6.54 Å². The highest BCUT2D eigenvalue weighted by Crippen LogP contribution is 2.03. The Bertz CT molecular complexity index is 267. The molecular formula is C6H5N4S. The number of thiazole rings is 1. The van der Waals surface area contributed by atoms with Crippen molar-refractivity contribution in [3.05, 3.63) is 29.2 Å². The molecule has 2 aromatic rings. The first kappa shape index (κ1) is 6.48. The van der Waals surface area contributed by atoms with Gasteiger partial charge in [0.2, 0.25) is 0 Å². The topological polar surface area (TPSA) is 43.6 Å². The zero-order valence-electron chi connectivity index (χ0n) is 5.64. The van der Waals surface area contributed by atoms with Gasteiger partial charge in [-0.3, -0.25) is 0 Å². The summed E-state index contributed by atoms with van der Waals surface area (Å²) in [5, 5.41) is 6.77. The smallest absolute Gasteiger partial charge is 0.137 e. The number of aromatic nitrogens is 4. The van der Waals surface area contributed by atoms with Gasteiger partial charge in [0.15, 0.2) is 0 Å². The van der Waals surface area contributed by atoms with Crippen LogP contribution in [0.15, 0.2) is 18.0 Å². The second-order valence-electron chi connectivity index (χ2n) is 1.96. The zero-order chi connectivity index (χ0) is 7.52. The van der Waals surface area contributed by atoms with Crippen LogP contribution in [0.2, 0.25) is 0 Å². The molecule has 5 heteroatoms. The molecule has 0 amide bonds. The summed E-state index contributed by atoms with van der Waals surface area (Å²) < 4.78 is 1.73. The average molecular weight is 165 g/mol. The van der Waals surface area contributed by atoms with Crippen molar-refractivity contribution < 1.29 is 0 Å². The van der Waals surface area contributed by atoms with Crippen LogP contribution in [0.3, 0.4) is 0 Å². The van der Waals surface area contributed by atoms with E-state index < -0.39 is 0 Å². The van der Waals surface area contributed by atoms with Crippen LogP contribution in [0.4, 0.5) is 0 Å². The van der Waals surface area contributed by atoms with Crippen molar-refractivity contribution in [2.75, 3.05) is 0 Å². The molecular weight excluding hydrogens is 160 g/mol. The molecule has 0 fully saturated rings. The highest BCUT2D eigenvalue weighted by atomic mass is 32.1. The van der Waals surface area contributed by atoms with Gasteiger partial charge in [-0.05, 0) is 0 Å². The quantitative estimate of drug-likeness (QED) is 0.654. The first-order valence-electron chi connectivity index (χ1n) is 3.08. The maximum atomic E-state index is 4.00. The van der Waals surface area contributed by atoms with E-state index in [0.717, 1.165) is 5.01 Å². The third-order valence-corrected chi connectivity index (χ3v) is 1.92. The van der Waals surface area contributed by atoms with Gasteiger partial charge in [0, 0.05) is 5.38 Å². The maximum Gasteiger partial charge on any atom is 0.137 e. The molecule has 0 saturated heterocycles. The molecule has 0 N–H and O–H groups in total. The van der Waals surface area contributed by atoms with E-state index in [2.05, 4.69) is 21.3 Å². The zero-order valence-corrected chi connectivity index (χ0v) is 6.45. The van der Waals surface area contributed by atoms with Gasteiger partial charge in [0.05, 0.1) is 6.54 Å². The molecule has 0 aliphatic carbocycles. The molecule has 0 aromatic carbocycles. The van der Waals surface area contributed by atoms with Crippen LogP contribution in [-0.4, -0.2) is 19.7 Å². The molecule has 4 nitrogen and oxygen atoms in total. The lowest BCUT2D eigenvalue weighted by atomic mass is 10.7. The van der Waals surface area contributed by atoms with Crippen molar-refractivity contribution in [2.24, 2.45) is 0 Å². The molecule has 0 spiro atoms. The Labute approximate surface area is 67.5 Å². The highest BCUT2D eigenvalue weighted by Gasteiger charge is 1.96. The predicted octanol–water partition coefficient (Wildman–Crippen LogP) is 0.583. The van der Waals surface area contributed by atoms with Crippen LogP contribution in [0, 0.1) is 6.20 Å². The normalized spacial score (nSPS) is 10.2. The summed E-state index contributed by atoms with van der Waals surface area (Å²) in [7, 11) is 0. The lowest BCUT2D eigenvalue weighted by Gasteiger charge is -1.92. The Morgan fingerprint density at radius 1 is 1.64 bits per heavy atom. The van der Waals surface area contributed by atoms with Gasteiger partial charge in [0.25, 0.3) is 0 Å². The van der Waals surface area contributed by atoms with Crippen LogP contribution in [0.5, 0.6) is 0 Å². The van der Waals surface area contributed by atoms with Gasteiger partial charge in [-0.1, -0.05) is 0 Å². The molecule has 55 valence electrons. The minimum absolute atomic E-state index is 0.689. The van der Waals surface area contributed by atoms with Gasteiger partial charge < -0.3 is 0 Å². The molecule has 11 heavy (non-hydrogen) atoms. The van der Waals surface area contributed by atoms with E-state index in [9.17, 15) is 0 Å². The van der Waals surface area contributed by atoms with Gasteiger partial charge in [-0.25, -0.2) is 14.6 Å². The van der Waals surface area contributed by atoms with Crippen LogP contribution in [0.1, 0.15) is 5.01 Å². The van der Waals surface area contributed by atoms with Crippen molar-refractivity contribution in [1.82, 2.24) is 19.7 Å². The molecule has 0 aliphatic rings. The second-order valence-corrected chi connectivity index (χ2v) is 2.91. The molecule has 0 atom stereocenters. The monoisotopic (exact) mass is 165 g/mol. The molecule has 0 saturated carbocycles. The largest absolute Gasteiger partial charge is 0.246 e. The van der Waals surface area contributed by atoms with E-state index in [4.69, 9.17) is 0 Å². The lowest BCUT2D eigenvalue weighted by Crippen LogP contribution is -1.98. The summed E-state index contributed by atoms with van der Waals surface area (Å²) in [6, 6.07) is 0. The fourth-order valence-corrected chi connectivity index (χ4v) is 1.30. The molecule has 0 bridgehead atoms. The third kappa shape index (κ3) is 1.43. The fourth-order valence-electron chi connectivity index (χ4n) is 0.745. The van der Waals surface area contributed by atoms with Gasteiger partial charge in [0.1, 0.15) is 23.9 Å². The summed E-state index contributed by atoms with van der Waals surface area (Å²) in [5.41, 5.74) is 0. The highest BCUT2D eigenvalue weighted by molar-refractivity contribution is 7.09. The standard InChI is InChI=1S/C6H5N4S/c1-2-11-6(8-1)3-10-5-7-4-9-10/h2,4-5H,3H2. The summed E-state index contributed by atoms with van der Waals surface area (Å²) >= 11 is 1.57. The Kier molecular flexibility index (Phi) is 1.64. The van der Waals surface area contributed by atoms with Crippen LogP contribution >= 0.6 is 11.3 Å². The Balaban J connectivity index is 2.14. The molecule has 2 heterocycles. The summed E-state index contributed by atoms with van der Waals surface area (Å²) in [5.74, 6) is 0. The van der Waals surface area contributed by atoms with Crippen molar-refractivity contribution in [3.63, 3.8) is 0 Å². The molecule has 2 aromatic heterocycles. The van der Waals surface area contributed by atoms with E-state index in [1.165, 1.54) is 6.33 Å². The van der Waals surface area contributed by atoms with Gasteiger partial charge in [-0.15, -0.1) is 11.3 Å². The Morgan fingerprint density at radius 3 is 3.27 bits per heavy atom. The van der Waals surface area contributed by atoms with E-state index in [1.807, 2.05) is 5.38 Å². The van der Waals surface area contributed by atoms with Crippen molar-refractivity contribution in [1.29, 1.82) is 0 Å². The molecule has 2 rings (SSSR count). The Hall–Kier alpha value is -1.23. The van der Waals surface area contributed by atoms with Crippen molar-refractivity contribution in [3.8, 4) is 0 Å². The first-order valence-corrected chi connectivity index (χ1v) is 3.96. The average Bonchev–Trinajstić information content (AvgIpc) is 2.60. The Morgan fingerprint density at radius 2 is 2.64 bits per heavy atom. The number of nitrogens with zero attached hydrogens (tertiary/aromatic N) is 4. The lowest BCUT2D eigenvalue weighted by molar-refractivity contribution is 0.681. The van der Waals surface area contributed by atoms with Crippen LogP contribution in [-0.2, 0) is 6.54 Å². The van der Waals surface area contributed by atoms with Crippen LogP contribution < -0.4 is 0 Å². The molecule has 0 unspecified atom stereocenters. The van der Waals surface area contributed by atoms with E-state index >= 15 is 0 Å². The van der Waals surface area contributed by atoms with E-state index in [1.54, 1.807) is 22.3 Å². The molecule has 1 radical (unpaired) electrons. The SMILES string of the molecule is [c]1csc(Cn2cncn2)n1. The van der Waals surface area contributed by atoms with Crippen molar-refractivity contribution >= 4 is 11.3 Å². The summed E-state index contributed by atoms with van der Waals surface area (Å²) in [6.45, 7) is 0.689.